The Bertz CT molecular complexity index is 363. The van der Waals surface area contributed by atoms with E-state index in [1.165, 1.54) is 5.56 Å². The van der Waals surface area contributed by atoms with Crippen molar-refractivity contribution >= 4 is 18.8 Å². The van der Waals surface area contributed by atoms with E-state index < -0.39 is 0 Å². The van der Waals surface area contributed by atoms with Gasteiger partial charge >= 0.3 is 5.91 Å². The van der Waals surface area contributed by atoms with E-state index in [0.717, 1.165) is 16.6 Å². The largest absolute Gasteiger partial charge is 0.375 e. The number of carbonyl (C=O) groups excluding carboxylic acids is 1. The van der Waals surface area contributed by atoms with Gasteiger partial charge < -0.3 is 0 Å². The SMILES string of the molecule is Cc1ccc(C(=O)[NH2+]OS)c(C)c1C. The first-order valence-corrected chi connectivity index (χ1v) is 4.69. The van der Waals surface area contributed by atoms with Crippen LogP contribution < -0.4 is 5.48 Å². The Kier molecular flexibility index (Phi) is 3.69. The van der Waals surface area contributed by atoms with Crippen molar-refractivity contribution in [1.82, 2.24) is 0 Å². The summed E-state index contributed by atoms with van der Waals surface area (Å²) in [6.45, 7) is 5.96. The van der Waals surface area contributed by atoms with Crippen LogP contribution in [0.25, 0.3) is 0 Å². The van der Waals surface area contributed by atoms with Crippen LogP contribution in [-0.4, -0.2) is 5.91 Å². The molecule has 0 aliphatic carbocycles. The highest BCUT2D eigenvalue weighted by molar-refractivity contribution is 7.74. The summed E-state index contributed by atoms with van der Waals surface area (Å²) < 4.78 is 4.40. The van der Waals surface area contributed by atoms with Gasteiger partial charge in [-0.25, -0.2) is 4.79 Å². The number of hydrogen-bond donors (Lipinski definition) is 2. The number of amides is 1. The molecule has 1 amide bonds. The van der Waals surface area contributed by atoms with Crippen LogP contribution in [0.1, 0.15) is 27.0 Å². The molecule has 0 aromatic heterocycles. The monoisotopic (exact) mass is 212 g/mol. The number of benzene rings is 1. The molecule has 0 unspecified atom stereocenters. The molecule has 0 radical (unpaired) electrons. The van der Waals surface area contributed by atoms with Crippen molar-refractivity contribution in [3.63, 3.8) is 0 Å². The fourth-order valence-electron chi connectivity index (χ4n) is 1.33. The molecular weight excluding hydrogens is 198 g/mol. The Balaban J connectivity index is 3.11. The number of quaternary nitrogens is 1. The first kappa shape index (κ1) is 11.2. The summed E-state index contributed by atoms with van der Waals surface area (Å²) in [4.78, 5) is 11.5. The highest BCUT2D eigenvalue weighted by atomic mass is 32.1. The van der Waals surface area contributed by atoms with Crippen LogP contribution >= 0.6 is 12.9 Å². The summed E-state index contributed by atoms with van der Waals surface area (Å²) in [6, 6.07) is 3.74. The number of hydrogen-bond acceptors (Lipinski definition) is 3. The third-order valence-corrected chi connectivity index (χ3v) is 2.59. The highest BCUT2D eigenvalue weighted by Crippen LogP contribution is 2.16. The molecule has 1 aromatic rings. The first-order valence-electron chi connectivity index (χ1n) is 4.32. The Hall–Kier alpha value is -0.840. The molecule has 0 atom stereocenters. The van der Waals surface area contributed by atoms with Crippen LogP contribution in [0, 0.1) is 20.8 Å². The smallest absolute Gasteiger partial charge is 0.222 e. The summed E-state index contributed by atoms with van der Waals surface area (Å²) in [7, 11) is 0. The fraction of sp³-hybridized carbons (Fsp3) is 0.300. The number of carbonyl (C=O) groups is 1. The number of nitrogens with two attached hydrogens (primary N) is 1. The van der Waals surface area contributed by atoms with Crippen molar-refractivity contribution in [2.75, 3.05) is 0 Å². The van der Waals surface area contributed by atoms with E-state index >= 15 is 0 Å². The molecule has 0 spiro atoms. The van der Waals surface area contributed by atoms with Crippen LogP contribution in [-0.2, 0) is 4.28 Å². The molecule has 0 saturated carbocycles. The van der Waals surface area contributed by atoms with E-state index in [0.29, 0.717) is 5.56 Å². The predicted octanol–water partition coefficient (Wildman–Crippen LogP) is 1.09. The molecule has 0 aliphatic heterocycles. The maximum absolute atomic E-state index is 11.5. The van der Waals surface area contributed by atoms with Gasteiger partial charge in [0.15, 0.2) is 0 Å². The number of thiol groups is 1. The normalized spacial score (nSPS) is 10.3. The standard InChI is InChI=1S/C10H13NO2S/c1-6-4-5-9(8(3)7(6)2)10(12)11-13-14/h4-5,14H,1-3H3,(H,11,12)/p+1. The average molecular weight is 212 g/mol. The average Bonchev–Trinajstić information content (AvgIpc) is 2.15. The molecule has 1 rings (SSSR count). The number of rotatable bonds is 2. The first-order chi connectivity index (χ1) is 6.57. The molecule has 2 N–H and O–H groups in total. The van der Waals surface area contributed by atoms with Gasteiger partial charge in [-0.3, -0.25) is 0 Å². The Labute approximate surface area is 89.0 Å². The molecule has 4 heteroatoms. The highest BCUT2D eigenvalue weighted by Gasteiger charge is 2.15. The minimum Gasteiger partial charge on any atom is -0.222 e. The van der Waals surface area contributed by atoms with Gasteiger partial charge in [-0.15, -0.1) is 9.76 Å². The lowest BCUT2D eigenvalue weighted by molar-refractivity contribution is -0.774. The third kappa shape index (κ3) is 2.15. The van der Waals surface area contributed by atoms with Gasteiger partial charge in [0.1, 0.15) is 0 Å². The van der Waals surface area contributed by atoms with Crippen LogP contribution in [0.3, 0.4) is 0 Å². The van der Waals surface area contributed by atoms with Crippen molar-refractivity contribution < 1.29 is 14.6 Å². The van der Waals surface area contributed by atoms with Crippen molar-refractivity contribution in [2.45, 2.75) is 20.8 Å². The topological polar surface area (TPSA) is 42.9 Å². The Morgan fingerprint density at radius 3 is 2.50 bits per heavy atom. The quantitative estimate of drug-likeness (QED) is 0.438. The van der Waals surface area contributed by atoms with Gasteiger partial charge in [0.05, 0.1) is 5.56 Å². The molecule has 0 saturated heterocycles. The van der Waals surface area contributed by atoms with Crippen LogP contribution in [0.5, 0.6) is 0 Å². The minimum atomic E-state index is -0.152. The fourth-order valence-corrected chi connectivity index (χ4v) is 1.43. The summed E-state index contributed by atoms with van der Waals surface area (Å²) in [5.41, 5.74) is 5.09. The van der Waals surface area contributed by atoms with Crippen LogP contribution in [0.4, 0.5) is 0 Å². The van der Waals surface area contributed by atoms with E-state index in [-0.39, 0.29) is 5.91 Å². The van der Waals surface area contributed by atoms with Crippen LogP contribution in [0.2, 0.25) is 0 Å². The van der Waals surface area contributed by atoms with Gasteiger partial charge in [-0.2, -0.15) is 0 Å². The van der Waals surface area contributed by atoms with Crippen molar-refractivity contribution in [1.29, 1.82) is 0 Å². The van der Waals surface area contributed by atoms with Crippen LogP contribution in [0.15, 0.2) is 12.1 Å². The number of aryl methyl sites for hydroxylation is 1. The Morgan fingerprint density at radius 1 is 1.29 bits per heavy atom. The summed E-state index contributed by atoms with van der Waals surface area (Å²) >= 11 is 3.51. The number of primary amides is 1. The minimum absolute atomic E-state index is 0.152. The molecule has 3 nitrogen and oxygen atoms in total. The van der Waals surface area contributed by atoms with Gasteiger partial charge in [-0.1, -0.05) is 6.07 Å². The zero-order chi connectivity index (χ0) is 10.7. The van der Waals surface area contributed by atoms with Crippen molar-refractivity contribution in [3.05, 3.63) is 34.4 Å². The summed E-state index contributed by atoms with van der Waals surface area (Å²) in [5.74, 6) is -0.152. The maximum Gasteiger partial charge on any atom is 0.375 e. The van der Waals surface area contributed by atoms with Gasteiger partial charge in [0, 0.05) is 12.9 Å². The molecular formula is C10H14NO2S+. The van der Waals surface area contributed by atoms with E-state index in [2.05, 4.69) is 17.2 Å². The molecule has 0 fully saturated rings. The van der Waals surface area contributed by atoms with Crippen molar-refractivity contribution in [3.8, 4) is 0 Å². The van der Waals surface area contributed by atoms with Gasteiger partial charge in [-0.05, 0) is 43.5 Å². The van der Waals surface area contributed by atoms with E-state index in [1.807, 2.05) is 32.9 Å². The molecule has 0 heterocycles. The van der Waals surface area contributed by atoms with E-state index in [4.69, 9.17) is 0 Å². The van der Waals surface area contributed by atoms with E-state index in [9.17, 15) is 4.79 Å². The molecule has 1 aromatic carbocycles. The Morgan fingerprint density at radius 2 is 1.93 bits per heavy atom. The van der Waals surface area contributed by atoms with Gasteiger partial charge in [0.2, 0.25) is 0 Å². The lowest BCUT2D eigenvalue weighted by atomic mass is 9.99. The second-order valence-corrected chi connectivity index (χ2v) is 3.48. The lowest BCUT2D eigenvalue weighted by Gasteiger charge is -2.07. The molecule has 0 bridgehead atoms. The molecule has 76 valence electrons. The van der Waals surface area contributed by atoms with Crippen molar-refractivity contribution in [2.24, 2.45) is 0 Å². The zero-order valence-corrected chi connectivity index (χ0v) is 9.39. The second kappa shape index (κ2) is 4.59. The summed E-state index contributed by atoms with van der Waals surface area (Å²) in [6.07, 6.45) is 0. The summed E-state index contributed by atoms with van der Waals surface area (Å²) in [5, 5.41) is 0. The maximum atomic E-state index is 11.5. The van der Waals surface area contributed by atoms with Gasteiger partial charge in [0.25, 0.3) is 0 Å². The predicted molar refractivity (Wildman–Crippen MR) is 57.0 cm³/mol. The number of hydroxylamine groups is 1. The molecule has 14 heavy (non-hydrogen) atoms. The molecule has 0 aliphatic rings. The lowest BCUT2D eigenvalue weighted by Crippen LogP contribution is -2.85. The second-order valence-electron chi connectivity index (χ2n) is 3.27. The zero-order valence-electron chi connectivity index (χ0n) is 8.50. The third-order valence-electron chi connectivity index (χ3n) is 2.48. The van der Waals surface area contributed by atoms with E-state index in [1.54, 1.807) is 0 Å².